The number of aromatic nitrogens is 4. The van der Waals surface area contributed by atoms with Crippen molar-refractivity contribution in [2.45, 2.75) is 58.6 Å². The molecule has 0 spiro atoms. The molecule has 1 N–H and O–H groups in total. The van der Waals surface area contributed by atoms with Crippen molar-refractivity contribution >= 4 is 11.6 Å². The Balaban J connectivity index is 1.47. The van der Waals surface area contributed by atoms with Crippen molar-refractivity contribution in [2.75, 3.05) is 6.61 Å². The van der Waals surface area contributed by atoms with Gasteiger partial charge in [0, 0.05) is 36.3 Å². The van der Waals surface area contributed by atoms with E-state index in [4.69, 9.17) is 9.72 Å². The fourth-order valence-electron chi connectivity index (χ4n) is 3.90. The highest BCUT2D eigenvalue weighted by Gasteiger charge is 2.25. The smallest absolute Gasteiger partial charge is 0.274 e. The number of pyridine rings is 1. The molecule has 1 saturated carbocycles. The van der Waals surface area contributed by atoms with Gasteiger partial charge >= 0.3 is 0 Å². The molecule has 3 aromatic rings. The van der Waals surface area contributed by atoms with Gasteiger partial charge in [0.05, 0.1) is 11.8 Å². The lowest BCUT2D eigenvalue weighted by Gasteiger charge is -2.29. The average molecular weight is 408 g/mol. The molecule has 0 saturated heterocycles. The minimum atomic E-state index is -0.167. The van der Waals surface area contributed by atoms with E-state index in [9.17, 15) is 4.79 Å². The summed E-state index contributed by atoms with van der Waals surface area (Å²) < 4.78 is 7.81. The van der Waals surface area contributed by atoms with Crippen LogP contribution in [0.4, 0.5) is 0 Å². The fourth-order valence-corrected chi connectivity index (χ4v) is 3.90. The molecule has 0 aromatic carbocycles. The number of carbonyl (C=O) groups excluding carboxylic acids is 1. The maximum atomic E-state index is 13.0. The van der Waals surface area contributed by atoms with Crippen LogP contribution in [0.2, 0.25) is 0 Å². The Labute approximate surface area is 176 Å². The van der Waals surface area contributed by atoms with Crippen molar-refractivity contribution in [3.63, 3.8) is 0 Å². The maximum Gasteiger partial charge on any atom is 0.274 e. The summed E-state index contributed by atoms with van der Waals surface area (Å²) in [5, 5.41) is 3.15. The number of carbonyl (C=O) groups is 1. The predicted octanol–water partition coefficient (Wildman–Crippen LogP) is 3.81. The van der Waals surface area contributed by atoms with Crippen molar-refractivity contribution in [3.8, 4) is 11.3 Å². The summed E-state index contributed by atoms with van der Waals surface area (Å²) in [6.45, 7) is 7.11. The molecule has 0 bridgehead atoms. The number of nitrogens with zero attached hydrogens (tertiary/aromatic N) is 4. The third-order valence-corrected chi connectivity index (χ3v) is 5.54. The van der Waals surface area contributed by atoms with Gasteiger partial charge in [-0.15, -0.1) is 0 Å². The van der Waals surface area contributed by atoms with Gasteiger partial charge in [-0.05, 0) is 56.7 Å². The number of ether oxygens (including phenoxy) is 1. The van der Waals surface area contributed by atoms with Crippen molar-refractivity contribution < 1.29 is 9.53 Å². The van der Waals surface area contributed by atoms with Gasteiger partial charge in [0.2, 0.25) is 0 Å². The van der Waals surface area contributed by atoms with Crippen LogP contribution in [0.1, 0.15) is 55.7 Å². The molecule has 1 aliphatic rings. The van der Waals surface area contributed by atoms with E-state index in [1.165, 1.54) is 0 Å². The Bertz CT molecular complexity index is 1010. The van der Waals surface area contributed by atoms with Gasteiger partial charge in [-0.25, -0.2) is 9.97 Å². The van der Waals surface area contributed by atoms with Crippen LogP contribution < -0.4 is 5.32 Å². The summed E-state index contributed by atoms with van der Waals surface area (Å²) >= 11 is 0. The molecule has 7 heteroatoms. The Morgan fingerprint density at radius 1 is 1.30 bits per heavy atom. The molecule has 7 nitrogen and oxygen atoms in total. The molecule has 0 atom stereocenters. The number of hydrogen-bond acceptors (Lipinski definition) is 5. The quantitative estimate of drug-likeness (QED) is 0.672. The molecule has 0 radical (unpaired) electrons. The molecule has 30 heavy (non-hydrogen) atoms. The van der Waals surface area contributed by atoms with Crippen molar-refractivity contribution in [1.82, 2.24) is 24.7 Å². The van der Waals surface area contributed by atoms with Crippen molar-refractivity contribution in [1.29, 1.82) is 0 Å². The van der Waals surface area contributed by atoms with Gasteiger partial charge in [0.25, 0.3) is 5.91 Å². The normalized spacial score (nSPS) is 19.3. The first-order chi connectivity index (χ1) is 14.5. The highest BCUT2D eigenvalue weighted by atomic mass is 16.5. The molecule has 3 heterocycles. The topological polar surface area (TPSA) is 81.4 Å². The van der Waals surface area contributed by atoms with Gasteiger partial charge < -0.3 is 10.1 Å². The number of hydrogen-bond donors (Lipinski definition) is 1. The number of fused-ring (bicyclic) bond motifs is 1. The zero-order chi connectivity index (χ0) is 21.1. The van der Waals surface area contributed by atoms with E-state index in [2.05, 4.69) is 29.1 Å². The number of imidazole rings is 1. The zero-order valence-corrected chi connectivity index (χ0v) is 17.8. The largest absolute Gasteiger partial charge is 0.378 e. The number of amides is 1. The van der Waals surface area contributed by atoms with Gasteiger partial charge in [-0.1, -0.05) is 13.8 Å². The summed E-state index contributed by atoms with van der Waals surface area (Å²) in [6, 6.07) is 5.96. The number of rotatable bonds is 6. The summed E-state index contributed by atoms with van der Waals surface area (Å²) in [5.41, 5.74) is 3.59. The van der Waals surface area contributed by atoms with E-state index in [0.717, 1.165) is 49.2 Å². The second kappa shape index (κ2) is 8.92. The lowest BCUT2D eigenvalue weighted by Crippen LogP contribution is -2.39. The fraction of sp³-hybridized carbons (Fsp3) is 0.478. The monoisotopic (exact) mass is 407 g/mol. The molecule has 3 aromatic heterocycles. The number of aryl methyl sites for hydroxylation is 1. The van der Waals surface area contributed by atoms with Crippen LogP contribution in [0.15, 0.2) is 36.9 Å². The highest BCUT2D eigenvalue weighted by molar-refractivity contribution is 5.98. The van der Waals surface area contributed by atoms with Crippen LogP contribution in [0, 0.1) is 12.8 Å². The van der Waals surface area contributed by atoms with E-state index >= 15 is 0 Å². The highest BCUT2D eigenvalue weighted by Crippen LogP contribution is 2.23. The Hall–Kier alpha value is -2.80. The van der Waals surface area contributed by atoms with Gasteiger partial charge in [-0.2, -0.15) is 0 Å². The molecule has 1 aliphatic carbocycles. The summed E-state index contributed by atoms with van der Waals surface area (Å²) in [6.07, 6.45) is 9.27. The lowest BCUT2D eigenvalue weighted by atomic mass is 9.93. The van der Waals surface area contributed by atoms with Crippen molar-refractivity contribution in [2.24, 2.45) is 5.92 Å². The van der Waals surface area contributed by atoms with E-state index in [1.807, 2.05) is 29.5 Å². The molecule has 4 rings (SSSR count). The molecular formula is C23H29N5O2. The standard InChI is InChI=1S/C23H29N5O2/c1-15(2)13-30-19-8-6-18(7-9-19)26-23(29)21-22-27-20(17-5-4-10-24-12-17)11-16(3)28(22)14-25-21/h4-5,10-12,14-15,18-19H,6-9,13H2,1-3H3,(H,26,29). The van der Waals surface area contributed by atoms with E-state index in [1.54, 1.807) is 18.7 Å². The van der Waals surface area contributed by atoms with Gasteiger partial charge in [-0.3, -0.25) is 14.2 Å². The van der Waals surface area contributed by atoms with Crippen LogP contribution >= 0.6 is 0 Å². The molecule has 0 unspecified atom stereocenters. The number of nitrogens with one attached hydrogen (secondary N) is 1. The SMILES string of the molecule is Cc1cc(-c2cccnc2)nc2c(C(=O)NC3CCC(OCC(C)C)CC3)ncn12. The minimum absolute atomic E-state index is 0.149. The first-order valence-electron chi connectivity index (χ1n) is 10.7. The molecule has 1 fully saturated rings. The van der Waals surface area contributed by atoms with Gasteiger partial charge in [0.1, 0.15) is 6.33 Å². The first-order valence-corrected chi connectivity index (χ1v) is 10.7. The van der Waals surface area contributed by atoms with Crippen LogP contribution in [0.5, 0.6) is 0 Å². The molecule has 158 valence electrons. The summed E-state index contributed by atoms with van der Waals surface area (Å²) in [5.74, 6) is 0.378. The third kappa shape index (κ3) is 4.51. The van der Waals surface area contributed by atoms with E-state index in [-0.39, 0.29) is 11.9 Å². The predicted molar refractivity (Wildman–Crippen MR) is 115 cm³/mol. The average Bonchev–Trinajstić information content (AvgIpc) is 3.18. The molecular weight excluding hydrogens is 378 g/mol. The Morgan fingerprint density at radius 3 is 2.80 bits per heavy atom. The van der Waals surface area contributed by atoms with E-state index in [0.29, 0.717) is 23.4 Å². The molecule has 0 aliphatic heterocycles. The zero-order valence-electron chi connectivity index (χ0n) is 17.8. The van der Waals surface area contributed by atoms with Crippen LogP contribution in [0.25, 0.3) is 16.9 Å². The third-order valence-electron chi connectivity index (χ3n) is 5.54. The summed E-state index contributed by atoms with van der Waals surface area (Å²) in [7, 11) is 0. The summed E-state index contributed by atoms with van der Waals surface area (Å²) in [4.78, 5) is 26.2. The van der Waals surface area contributed by atoms with Crippen LogP contribution in [-0.4, -0.2) is 44.0 Å². The minimum Gasteiger partial charge on any atom is -0.378 e. The van der Waals surface area contributed by atoms with E-state index < -0.39 is 0 Å². The first kappa shape index (κ1) is 20.5. The van der Waals surface area contributed by atoms with Crippen LogP contribution in [-0.2, 0) is 4.74 Å². The second-order valence-electron chi connectivity index (χ2n) is 8.49. The Morgan fingerprint density at radius 2 is 2.10 bits per heavy atom. The van der Waals surface area contributed by atoms with Gasteiger partial charge in [0.15, 0.2) is 11.3 Å². The van der Waals surface area contributed by atoms with Crippen LogP contribution in [0.3, 0.4) is 0 Å². The molecule has 1 amide bonds. The Kier molecular flexibility index (Phi) is 6.08. The van der Waals surface area contributed by atoms with Crippen molar-refractivity contribution in [3.05, 3.63) is 48.3 Å². The maximum absolute atomic E-state index is 13.0. The lowest BCUT2D eigenvalue weighted by molar-refractivity contribution is 0.00858. The second-order valence-corrected chi connectivity index (χ2v) is 8.49.